The summed E-state index contributed by atoms with van der Waals surface area (Å²) in [5.41, 5.74) is 7.56. The molecule has 0 aliphatic heterocycles. The Morgan fingerprint density at radius 2 is 1.38 bits per heavy atom. The minimum Gasteiger partial charge on any atom is -0.369 e. The molecular weight excluding hydrogens is 368 g/mol. The largest absolute Gasteiger partial charge is 0.369 e. The molecule has 1 amide bonds. The second-order valence-corrected chi connectivity index (χ2v) is 6.74. The van der Waals surface area contributed by atoms with Crippen LogP contribution in [0.4, 0.5) is 5.69 Å². The number of non-ortho nitro benzene ring substituents is 1. The Balaban J connectivity index is 2.01. The molecule has 0 bridgehead atoms. The van der Waals surface area contributed by atoms with Crippen molar-refractivity contribution in [2.24, 2.45) is 5.73 Å². The lowest BCUT2D eigenvalue weighted by Crippen LogP contribution is -2.28. The monoisotopic (exact) mass is 388 g/mol. The molecule has 0 fully saturated rings. The normalized spacial score (nSPS) is 12.7. The van der Waals surface area contributed by atoms with E-state index < -0.39 is 22.7 Å². The molecule has 0 saturated heterocycles. The number of nitrogens with two attached hydrogens (primary N) is 1. The summed E-state index contributed by atoms with van der Waals surface area (Å²) < 4.78 is 0. The zero-order valence-corrected chi connectivity index (χ0v) is 15.6. The SMILES string of the molecule is NC(=O)C(c1ccc([N+](=O)[O-])cc1)C(CC(=O)c1ccccc1)c1ccccc1. The second kappa shape index (κ2) is 8.93. The van der Waals surface area contributed by atoms with Gasteiger partial charge in [-0.25, -0.2) is 0 Å². The van der Waals surface area contributed by atoms with Gasteiger partial charge in [0, 0.05) is 30.0 Å². The first-order valence-corrected chi connectivity index (χ1v) is 9.14. The fraction of sp³-hybridized carbons (Fsp3) is 0.130. The molecular formula is C23H20N2O4. The molecule has 3 rings (SSSR count). The van der Waals surface area contributed by atoms with Crippen molar-refractivity contribution in [3.8, 4) is 0 Å². The molecule has 0 spiro atoms. The van der Waals surface area contributed by atoms with Crippen molar-refractivity contribution >= 4 is 17.4 Å². The lowest BCUT2D eigenvalue weighted by molar-refractivity contribution is -0.384. The number of primary amides is 1. The van der Waals surface area contributed by atoms with Crippen LogP contribution in [0.25, 0.3) is 0 Å². The highest BCUT2D eigenvalue weighted by Crippen LogP contribution is 2.37. The molecule has 0 saturated carbocycles. The molecule has 146 valence electrons. The molecule has 0 aliphatic rings. The number of hydrogen-bond donors (Lipinski definition) is 1. The molecule has 0 heterocycles. The van der Waals surface area contributed by atoms with Gasteiger partial charge in [-0.15, -0.1) is 0 Å². The van der Waals surface area contributed by atoms with E-state index in [1.54, 1.807) is 24.3 Å². The van der Waals surface area contributed by atoms with Crippen LogP contribution in [-0.2, 0) is 4.79 Å². The van der Waals surface area contributed by atoms with Gasteiger partial charge in [-0.3, -0.25) is 19.7 Å². The number of rotatable bonds is 8. The number of nitrogens with zero attached hydrogens (tertiary/aromatic N) is 1. The average Bonchev–Trinajstić information content (AvgIpc) is 2.74. The number of carbonyl (C=O) groups is 2. The van der Waals surface area contributed by atoms with Crippen molar-refractivity contribution < 1.29 is 14.5 Å². The summed E-state index contributed by atoms with van der Waals surface area (Å²) in [7, 11) is 0. The third-order valence-electron chi connectivity index (χ3n) is 4.90. The Hall–Kier alpha value is -3.80. The first-order chi connectivity index (χ1) is 14.0. The molecule has 3 aromatic carbocycles. The van der Waals surface area contributed by atoms with E-state index in [4.69, 9.17) is 5.73 Å². The van der Waals surface area contributed by atoms with Crippen LogP contribution >= 0.6 is 0 Å². The van der Waals surface area contributed by atoms with Crippen LogP contribution in [0.2, 0.25) is 0 Å². The Labute approximate surface area is 168 Å². The van der Waals surface area contributed by atoms with E-state index >= 15 is 0 Å². The number of nitro groups is 1. The zero-order valence-electron chi connectivity index (χ0n) is 15.6. The highest BCUT2D eigenvalue weighted by molar-refractivity contribution is 5.97. The van der Waals surface area contributed by atoms with Gasteiger partial charge < -0.3 is 5.73 Å². The topological polar surface area (TPSA) is 103 Å². The van der Waals surface area contributed by atoms with Gasteiger partial charge in [0.2, 0.25) is 5.91 Å². The number of nitro benzene ring substituents is 1. The Bertz CT molecular complexity index is 1000. The van der Waals surface area contributed by atoms with Gasteiger partial charge in [0.25, 0.3) is 5.69 Å². The second-order valence-electron chi connectivity index (χ2n) is 6.74. The molecule has 0 aromatic heterocycles. The van der Waals surface area contributed by atoms with Gasteiger partial charge in [0.05, 0.1) is 10.8 Å². The van der Waals surface area contributed by atoms with E-state index in [1.165, 1.54) is 24.3 Å². The standard InChI is InChI=1S/C23H20N2O4/c24-23(27)22(18-11-13-19(14-12-18)25(28)29)20(16-7-3-1-4-8-16)15-21(26)17-9-5-2-6-10-17/h1-14,20,22H,15H2,(H2,24,27). The van der Waals surface area contributed by atoms with Crippen LogP contribution in [0.5, 0.6) is 0 Å². The van der Waals surface area contributed by atoms with Crippen LogP contribution in [0, 0.1) is 10.1 Å². The van der Waals surface area contributed by atoms with Crippen molar-refractivity contribution in [3.63, 3.8) is 0 Å². The minimum absolute atomic E-state index is 0.0754. The summed E-state index contributed by atoms with van der Waals surface area (Å²) in [5.74, 6) is -1.99. The Morgan fingerprint density at radius 1 is 0.828 bits per heavy atom. The van der Waals surface area contributed by atoms with Crippen molar-refractivity contribution in [1.82, 2.24) is 0 Å². The molecule has 2 atom stereocenters. The number of amides is 1. The quantitative estimate of drug-likeness (QED) is 0.354. The predicted molar refractivity (Wildman–Crippen MR) is 110 cm³/mol. The fourth-order valence-corrected chi connectivity index (χ4v) is 3.47. The minimum atomic E-state index is -0.800. The summed E-state index contributed by atoms with van der Waals surface area (Å²) in [6.45, 7) is 0. The molecule has 2 unspecified atom stereocenters. The lowest BCUT2D eigenvalue weighted by atomic mass is 9.77. The Morgan fingerprint density at radius 3 is 1.90 bits per heavy atom. The number of ketones is 1. The van der Waals surface area contributed by atoms with E-state index in [0.29, 0.717) is 11.1 Å². The third-order valence-corrected chi connectivity index (χ3v) is 4.90. The lowest BCUT2D eigenvalue weighted by Gasteiger charge is -2.25. The highest BCUT2D eigenvalue weighted by Gasteiger charge is 2.32. The molecule has 3 aromatic rings. The molecule has 0 aliphatic carbocycles. The maximum absolute atomic E-state index is 12.9. The van der Waals surface area contributed by atoms with E-state index in [0.717, 1.165) is 5.56 Å². The van der Waals surface area contributed by atoms with Crippen molar-refractivity contribution in [1.29, 1.82) is 0 Å². The maximum atomic E-state index is 12.9. The summed E-state index contributed by atoms with van der Waals surface area (Å²) >= 11 is 0. The van der Waals surface area contributed by atoms with Gasteiger partial charge in [-0.2, -0.15) is 0 Å². The average molecular weight is 388 g/mol. The van der Waals surface area contributed by atoms with Gasteiger partial charge >= 0.3 is 0 Å². The summed E-state index contributed by atoms with van der Waals surface area (Å²) in [5, 5.41) is 10.9. The van der Waals surface area contributed by atoms with Gasteiger partial charge in [-0.1, -0.05) is 72.8 Å². The van der Waals surface area contributed by atoms with Crippen molar-refractivity contribution in [3.05, 3.63) is 112 Å². The highest BCUT2D eigenvalue weighted by atomic mass is 16.6. The van der Waals surface area contributed by atoms with E-state index in [2.05, 4.69) is 0 Å². The Kier molecular flexibility index (Phi) is 6.14. The number of hydrogen-bond acceptors (Lipinski definition) is 4. The first-order valence-electron chi connectivity index (χ1n) is 9.14. The van der Waals surface area contributed by atoms with E-state index in [-0.39, 0.29) is 17.9 Å². The number of Topliss-reactive ketones (excluding diaryl/α,β-unsaturated/α-hetero) is 1. The smallest absolute Gasteiger partial charge is 0.269 e. The maximum Gasteiger partial charge on any atom is 0.269 e. The third kappa shape index (κ3) is 4.73. The van der Waals surface area contributed by atoms with E-state index in [1.807, 2.05) is 36.4 Å². The van der Waals surface area contributed by atoms with Crippen LogP contribution in [-0.4, -0.2) is 16.6 Å². The summed E-state index contributed by atoms with van der Waals surface area (Å²) in [4.78, 5) is 35.8. The molecule has 29 heavy (non-hydrogen) atoms. The fourth-order valence-electron chi connectivity index (χ4n) is 3.47. The van der Waals surface area contributed by atoms with Gasteiger partial charge in [-0.05, 0) is 11.1 Å². The molecule has 0 radical (unpaired) electrons. The van der Waals surface area contributed by atoms with Crippen LogP contribution in [0.3, 0.4) is 0 Å². The van der Waals surface area contributed by atoms with Crippen LogP contribution < -0.4 is 5.73 Å². The van der Waals surface area contributed by atoms with Crippen molar-refractivity contribution in [2.75, 3.05) is 0 Å². The van der Waals surface area contributed by atoms with Crippen LogP contribution in [0.15, 0.2) is 84.9 Å². The van der Waals surface area contributed by atoms with Crippen molar-refractivity contribution in [2.45, 2.75) is 18.3 Å². The molecule has 2 N–H and O–H groups in total. The molecule has 6 heteroatoms. The predicted octanol–water partition coefficient (Wildman–Crippen LogP) is 4.22. The first kappa shape index (κ1) is 19.9. The molecule has 6 nitrogen and oxygen atoms in total. The number of benzene rings is 3. The summed E-state index contributed by atoms with van der Waals surface area (Å²) in [6.07, 6.45) is 0.0820. The zero-order chi connectivity index (χ0) is 20.8. The van der Waals surface area contributed by atoms with E-state index in [9.17, 15) is 19.7 Å². The van der Waals surface area contributed by atoms with Gasteiger partial charge in [0.1, 0.15) is 0 Å². The van der Waals surface area contributed by atoms with Gasteiger partial charge in [0.15, 0.2) is 5.78 Å². The number of carbonyl (C=O) groups excluding carboxylic acids is 2. The summed E-state index contributed by atoms with van der Waals surface area (Å²) in [6, 6.07) is 23.8. The van der Waals surface area contributed by atoms with Crippen LogP contribution in [0.1, 0.15) is 39.7 Å².